The lowest BCUT2D eigenvalue weighted by atomic mass is 10.0. The van der Waals surface area contributed by atoms with Crippen LogP contribution in [0.25, 0.3) is 0 Å². The number of hydrogen-bond acceptors (Lipinski definition) is 3. The van der Waals surface area contributed by atoms with Gasteiger partial charge in [-0.2, -0.15) is 0 Å². The quantitative estimate of drug-likeness (QED) is 0.869. The lowest BCUT2D eigenvalue weighted by molar-refractivity contribution is -0.131. The fourth-order valence-corrected chi connectivity index (χ4v) is 3.46. The summed E-state index contributed by atoms with van der Waals surface area (Å²) in [5.41, 5.74) is 1.85. The van der Waals surface area contributed by atoms with Gasteiger partial charge in [0.2, 0.25) is 5.91 Å². The number of carbonyl (C=O) groups excluding carboxylic acids is 1. The Kier molecular flexibility index (Phi) is 4.01. The monoisotopic (exact) mass is 304 g/mol. The number of rotatable bonds is 3. The van der Waals surface area contributed by atoms with Crippen molar-refractivity contribution in [1.82, 2.24) is 9.88 Å². The molecule has 1 amide bonds. The maximum Gasteiger partial charge on any atom is 0.229 e. The van der Waals surface area contributed by atoms with E-state index in [2.05, 4.69) is 4.98 Å². The molecule has 1 unspecified atom stereocenters. The number of benzene rings is 1. The molecule has 1 aromatic carbocycles. The van der Waals surface area contributed by atoms with Crippen LogP contribution in [0.3, 0.4) is 0 Å². The zero-order valence-electron chi connectivity index (χ0n) is 11.9. The molecule has 0 bridgehead atoms. The zero-order valence-corrected chi connectivity index (χ0v) is 12.7. The summed E-state index contributed by atoms with van der Waals surface area (Å²) in [5, 5.41) is 2.92. The van der Waals surface area contributed by atoms with Crippen molar-refractivity contribution in [2.45, 2.75) is 32.2 Å². The van der Waals surface area contributed by atoms with Crippen LogP contribution >= 0.6 is 11.3 Å². The normalized spacial score (nSPS) is 18.2. The molecule has 1 fully saturated rings. The number of aryl methyl sites for hydroxylation is 1. The molecule has 1 aliphatic heterocycles. The molecule has 0 N–H and O–H groups in total. The van der Waals surface area contributed by atoms with Gasteiger partial charge in [-0.3, -0.25) is 4.79 Å². The number of likely N-dealkylation sites (tertiary alicyclic amines) is 1. The Morgan fingerprint density at radius 1 is 1.43 bits per heavy atom. The topological polar surface area (TPSA) is 33.2 Å². The minimum atomic E-state index is -0.243. The molecule has 110 valence electrons. The maximum atomic E-state index is 13.0. The second-order valence-corrected chi connectivity index (χ2v) is 6.39. The van der Waals surface area contributed by atoms with Gasteiger partial charge in [-0.1, -0.05) is 12.1 Å². The van der Waals surface area contributed by atoms with E-state index in [9.17, 15) is 9.18 Å². The van der Waals surface area contributed by atoms with E-state index < -0.39 is 0 Å². The van der Waals surface area contributed by atoms with Crippen molar-refractivity contribution in [3.05, 3.63) is 51.7 Å². The molecule has 1 saturated heterocycles. The van der Waals surface area contributed by atoms with E-state index in [0.717, 1.165) is 35.7 Å². The van der Waals surface area contributed by atoms with E-state index in [4.69, 9.17) is 0 Å². The van der Waals surface area contributed by atoms with Gasteiger partial charge in [-0.15, -0.1) is 11.3 Å². The molecule has 0 spiro atoms. The Balaban J connectivity index is 1.74. The van der Waals surface area contributed by atoms with Crippen molar-refractivity contribution >= 4 is 17.2 Å². The molecule has 2 heterocycles. The molecular formula is C16H17FN2OS. The van der Waals surface area contributed by atoms with Gasteiger partial charge in [0.05, 0.1) is 23.2 Å². The van der Waals surface area contributed by atoms with E-state index in [1.54, 1.807) is 23.5 Å². The van der Waals surface area contributed by atoms with Crippen molar-refractivity contribution in [1.29, 1.82) is 0 Å². The number of nitrogens with zero attached hydrogens (tertiary/aromatic N) is 2. The van der Waals surface area contributed by atoms with Crippen molar-refractivity contribution in [3.63, 3.8) is 0 Å². The minimum Gasteiger partial charge on any atom is -0.335 e. The Morgan fingerprint density at radius 2 is 2.19 bits per heavy atom. The van der Waals surface area contributed by atoms with Crippen LogP contribution < -0.4 is 0 Å². The van der Waals surface area contributed by atoms with Crippen LogP contribution in [0.15, 0.2) is 29.6 Å². The summed E-state index contributed by atoms with van der Waals surface area (Å²) >= 11 is 1.56. The van der Waals surface area contributed by atoms with E-state index >= 15 is 0 Å². The molecule has 21 heavy (non-hydrogen) atoms. The standard InChI is InChI=1S/C16H17FN2OS/c1-11-18-14(10-21-11)9-16(20)19-8-2-3-15(19)12-4-6-13(17)7-5-12/h4-7,10,15H,2-3,8-9H2,1H3. The summed E-state index contributed by atoms with van der Waals surface area (Å²) in [6.45, 7) is 2.71. The van der Waals surface area contributed by atoms with Crippen LogP contribution in [-0.2, 0) is 11.2 Å². The molecule has 3 rings (SSSR count). The second kappa shape index (κ2) is 5.93. The van der Waals surface area contributed by atoms with Crippen molar-refractivity contribution in [3.8, 4) is 0 Å². The lowest BCUT2D eigenvalue weighted by Gasteiger charge is -2.25. The number of aromatic nitrogens is 1. The van der Waals surface area contributed by atoms with Crippen LogP contribution in [0.4, 0.5) is 4.39 Å². The third-order valence-electron chi connectivity index (χ3n) is 3.83. The molecule has 0 saturated carbocycles. The van der Waals surface area contributed by atoms with E-state index in [1.807, 2.05) is 17.2 Å². The second-order valence-electron chi connectivity index (χ2n) is 5.33. The van der Waals surface area contributed by atoms with Crippen LogP contribution in [-0.4, -0.2) is 22.3 Å². The summed E-state index contributed by atoms with van der Waals surface area (Å²) in [7, 11) is 0. The van der Waals surface area contributed by atoms with Gasteiger partial charge in [-0.25, -0.2) is 9.37 Å². The third kappa shape index (κ3) is 3.13. The smallest absolute Gasteiger partial charge is 0.229 e. The summed E-state index contributed by atoms with van der Waals surface area (Å²) in [6, 6.07) is 6.54. The van der Waals surface area contributed by atoms with Gasteiger partial charge in [0.1, 0.15) is 5.82 Å². The van der Waals surface area contributed by atoms with Crippen molar-refractivity contribution in [2.24, 2.45) is 0 Å². The first kappa shape index (κ1) is 14.2. The molecule has 3 nitrogen and oxygen atoms in total. The average Bonchev–Trinajstić information content (AvgIpc) is 3.09. The SMILES string of the molecule is Cc1nc(CC(=O)N2CCCC2c2ccc(F)cc2)cs1. The Bertz CT molecular complexity index is 638. The van der Waals surface area contributed by atoms with Gasteiger partial charge in [0.15, 0.2) is 0 Å². The number of carbonyl (C=O) groups is 1. The molecule has 0 aliphatic carbocycles. The highest BCUT2D eigenvalue weighted by molar-refractivity contribution is 7.09. The first-order valence-corrected chi connectivity index (χ1v) is 7.97. The fraction of sp³-hybridized carbons (Fsp3) is 0.375. The van der Waals surface area contributed by atoms with Crippen molar-refractivity contribution in [2.75, 3.05) is 6.54 Å². The van der Waals surface area contributed by atoms with E-state index in [0.29, 0.717) is 6.42 Å². The van der Waals surface area contributed by atoms with E-state index in [1.165, 1.54) is 12.1 Å². The van der Waals surface area contributed by atoms with Gasteiger partial charge < -0.3 is 4.90 Å². The molecule has 1 aromatic heterocycles. The largest absolute Gasteiger partial charge is 0.335 e. The highest BCUT2D eigenvalue weighted by Gasteiger charge is 2.30. The molecule has 1 atom stereocenters. The molecule has 1 aliphatic rings. The Labute approximate surface area is 127 Å². The first-order valence-electron chi connectivity index (χ1n) is 7.09. The third-order valence-corrected chi connectivity index (χ3v) is 4.65. The summed E-state index contributed by atoms with van der Waals surface area (Å²) in [4.78, 5) is 18.7. The maximum absolute atomic E-state index is 13.0. The molecule has 0 radical (unpaired) electrons. The number of hydrogen-bond donors (Lipinski definition) is 0. The van der Waals surface area contributed by atoms with E-state index in [-0.39, 0.29) is 17.8 Å². The predicted molar refractivity (Wildman–Crippen MR) is 80.6 cm³/mol. The highest BCUT2D eigenvalue weighted by Crippen LogP contribution is 2.32. The molecule has 2 aromatic rings. The number of thiazole rings is 1. The Morgan fingerprint density at radius 3 is 2.86 bits per heavy atom. The van der Waals surface area contributed by atoms with Crippen LogP contribution in [0, 0.1) is 12.7 Å². The number of halogens is 1. The first-order chi connectivity index (χ1) is 10.1. The fourth-order valence-electron chi connectivity index (χ4n) is 2.84. The van der Waals surface area contributed by atoms with Crippen LogP contribution in [0.1, 0.15) is 35.1 Å². The Hall–Kier alpha value is -1.75. The molecule has 5 heteroatoms. The predicted octanol–water partition coefficient (Wildman–Crippen LogP) is 3.50. The lowest BCUT2D eigenvalue weighted by Crippen LogP contribution is -2.31. The summed E-state index contributed by atoms with van der Waals surface area (Å²) in [6.07, 6.45) is 2.28. The average molecular weight is 304 g/mol. The van der Waals surface area contributed by atoms with Gasteiger partial charge in [0, 0.05) is 11.9 Å². The summed E-state index contributed by atoms with van der Waals surface area (Å²) in [5.74, 6) is -0.139. The minimum absolute atomic E-state index is 0.0674. The van der Waals surface area contributed by atoms with Gasteiger partial charge in [0.25, 0.3) is 0 Å². The molecular weight excluding hydrogens is 287 g/mol. The highest BCUT2D eigenvalue weighted by atomic mass is 32.1. The van der Waals surface area contributed by atoms with Gasteiger partial charge in [-0.05, 0) is 37.5 Å². The van der Waals surface area contributed by atoms with Crippen LogP contribution in [0.5, 0.6) is 0 Å². The van der Waals surface area contributed by atoms with Crippen LogP contribution in [0.2, 0.25) is 0 Å². The van der Waals surface area contributed by atoms with Crippen molar-refractivity contribution < 1.29 is 9.18 Å². The zero-order chi connectivity index (χ0) is 14.8. The number of amides is 1. The summed E-state index contributed by atoms with van der Waals surface area (Å²) < 4.78 is 13.0. The van der Waals surface area contributed by atoms with Gasteiger partial charge >= 0.3 is 0 Å².